The minimum atomic E-state index is -0.511. The molecule has 248 valence electrons. The molecule has 4 heteroatoms. The molecule has 0 heterocycles. The fourth-order valence-corrected chi connectivity index (χ4v) is 14.5. The summed E-state index contributed by atoms with van der Waals surface area (Å²) in [6.45, 7) is 7.00. The number of hydrogen-bond acceptors (Lipinski definition) is 1. The summed E-state index contributed by atoms with van der Waals surface area (Å²) in [6.07, 6.45) is 17.3. The van der Waals surface area contributed by atoms with Gasteiger partial charge in [-0.3, -0.25) is 0 Å². The summed E-state index contributed by atoms with van der Waals surface area (Å²) < 4.78 is 0. The van der Waals surface area contributed by atoms with Crippen molar-refractivity contribution in [3.8, 4) is 0 Å². The van der Waals surface area contributed by atoms with Crippen LogP contribution in [0.15, 0.2) is 103 Å². The third kappa shape index (κ3) is 10.5. The Balaban J connectivity index is 0.000000327. The van der Waals surface area contributed by atoms with E-state index in [-0.39, 0.29) is 25.0 Å². The van der Waals surface area contributed by atoms with Crippen LogP contribution in [0.25, 0.3) is 0 Å². The zero-order valence-electron chi connectivity index (χ0n) is 27.7. The molecule has 2 aliphatic carbocycles. The van der Waals surface area contributed by atoms with E-state index in [0.29, 0.717) is 5.66 Å². The van der Waals surface area contributed by atoms with Crippen LogP contribution in [0, 0.1) is 0 Å². The summed E-state index contributed by atoms with van der Waals surface area (Å²) in [7, 11) is -0.489. The van der Waals surface area contributed by atoms with E-state index in [1.54, 1.807) is 10.9 Å². The third-order valence-electron chi connectivity index (χ3n) is 9.75. The largest absolute Gasteiger partial charge is 0.747 e. The average Bonchev–Trinajstić information content (AvgIpc) is 3.79. The average molecular weight is 680 g/mol. The first-order chi connectivity index (χ1) is 21.8. The number of nitrogens with one attached hydrogen (secondary N) is 1. The van der Waals surface area contributed by atoms with Crippen molar-refractivity contribution < 1.29 is 17.1 Å². The molecular weight excluding hydrogens is 624 g/mol. The smallest absolute Gasteiger partial charge is 0 e. The topological polar surface area (TPSA) is 12.0 Å². The Bertz CT molecular complexity index is 1230. The third-order valence-corrected chi connectivity index (χ3v) is 16.2. The van der Waals surface area contributed by atoms with E-state index in [0.717, 1.165) is 24.4 Å². The quantitative estimate of drug-likeness (QED) is 0.0680. The van der Waals surface area contributed by atoms with Gasteiger partial charge in [-0.2, -0.15) is 17.8 Å². The van der Waals surface area contributed by atoms with Crippen molar-refractivity contribution in [2.75, 3.05) is 6.54 Å². The van der Waals surface area contributed by atoms with Crippen molar-refractivity contribution in [2.24, 2.45) is 0 Å². The monoisotopic (exact) mass is 679 g/mol. The normalized spacial score (nSPS) is 16.6. The van der Waals surface area contributed by atoms with Gasteiger partial charge in [0.05, 0.1) is 0 Å². The molecule has 2 aliphatic rings. The van der Waals surface area contributed by atoms with Gasteiger partial charge >= 0.3 is 0 Å². The molecule has 6 rings (SSSR count). The molecular formula is C41H55FeNP2-6. The van der Waals surface area contributed by atoms with E-state index in [4.69, 9.17) is 0 Å². The van der Waals surface area contributed by atoms with Crippen molar-refractivity contribution >= 4 is 31.8 Å². The van der Waals surface area contributed by atoms with Crippen LogP contribution >= 0.6 is 15.8 Å². The van der Waals surface area contributed by atoms with Gasteiger partial charge in [0.15, 0.2) is 0 Å². The fraction of sp³-hybridized carbons (Fsp3) is 0.463. The summed E-state index contributed by atoms with van der Waals surface area (Å²) in [5.74, 6) is 0. The first-order valence-electron chi connectivity index (χ1n) is 17.6. The van der Waals surface area contributed by atoms with Crippen LogP contribution in [0.5, 0.6) is 0 Å². The summed E-state index contributed by atoms with van der Waals surface area (Å²) in [4.78, 5) is 0. The second-order valence-corrected chi connectivity index (χ2v) is 18.2. The molecule has 4 aromatic rings. The first kappa shape index (κ1) is 36.3. The molecule has 45 heavy (non-hydrogen) atoms. The number of rotatable bonds is 12. The van der Waals surface area contributed by atoms with Gasteiger partial charge in [-0.05, 0) is 56.5 Å². The predicted molar refractivity (Wildman–Crippen MR) is 198 cm³/mol. The molecule has 0 bridgehead atoms. The predicted octanol–water partition coefficient (Wildman–Crippen LogP) is 10.7. The van der Waals surface area contributed by atoms with E-state index in [1.807, 2.05) is 0 Å². The maximum Gasteiger partial charge on any atom is 0 e. The Kier molecular flexibility index (Phi) is 16.1. The summed E-state index contributed by atoms with van der Waals surface area (Å²) >= 11 is 0. The zero-order valence-corrected chi connectivity index (χ0v) is 30.6. The maximum absolute atomic E-state index is 3.39. The first-order valence-corrected chi connectivity index (χ1v) is 20.5. The number of benzene rings is 2. The van der Waals surface area contributed by atoms with Gasteiger partial charge in [-0.25, -0.2) is 20.1 Å². The summed E-state index contributed by atoms with van der Waals surface area (Å²) in [5.41, 5.74) is 5.77. The molecule has 0 saturated heterocycles. The van der Waals surface area contributed by atoms with Crippen molar-refractivity contribution in [3.05, 3.63) is 114 Å². The van der Waals surface area contributed by atoms with Gasteiger partial charge in [-0.1, -0.05) is 130 Å². The van der Waals surface area contributed by atoms with Gasteiger partial charge in [0.25, 0.3) is 0 Å². The molecule has 0 amide bonds. The van der Waals surface area contributed by atoms with E-state index >= 15 is 0 Å². The summed E-state index contributed by atoms with van der Waals surface area (Å²) in [6, 6.07) is 38.4. The van der Waals surface area contributed by atoms with Gasteiger partial charge in [0.1, 0.15) is 0 Å². The molecule has 0 aliphatic heterocycles. The molecule has 1 nitrogen and oxygen atoms in total. The van der Waals surface area contributed by atoms with Crippen LogP contribution in [0.3, 0.4) is 0 Å². The van der Waals surface area contributed by atoms with Crippen LogP contribution in [0.4, 0.5) is 0 Å². The van der Waals surface area contributed by atoms with Gasteiger partial charge in [0.2, 0.25) is 0 Å². The van der Waals surface area contributed by atoms with Crippen LogP contribution in [-0.4, -0.2) is 17.9 Å². The Morgan fingerprint density at radius 1 is 0.756 bits per heavy atom. The SMILES string of the molecule is CC([c-]1[cH-][cH-][cH-][c-]1P(c1ccccc1)c1ccccc1)P(C1CCCCC1)C1CCCCC1.CCCCNC[c-]1cccc1.[Fe]. The fourth-order valence-electron chi connectivity index (χ4n) is 7.48. The Hall–Kier alpha value is -1.52. The number of hydrogen-bond donors (Lipinski definition) is 1. The van der Waals surface area contributed by atoms with Gasteiger partial charge in [0, 0.05) is 17.1 Å². The van der Waals surface area contributed by atoms with E-state index in [9.17, 15) is 0 Å². The molecule has 2 fully saturated rings. The Morgan fingerprint density at radius 3 is 1.80 bits per heavy atom. The second-order valence-electron chi connectivity index (χ2n) is 12.9. The Morgan fingerprint density at radius 2 is 1.29 bits per heavy atom. The van der Waals surface area contributed by atoms with Gasteiger partial charge < -0.3 is 34.4 Å². The van der Waals surface area contributed by atoms with Gasteiger partial charge in [-0.15, -0.1) is 13.5 Å². The molecule has 2 saturated carbocycles. The minimum absolute atomic E-state index is 0. The second kappa shape index (κ2) is 20.0. The molecule has 0 aromatic heterocycles. The standard InChI is InChI=1S/C31H39P2.C10H16N.Fe/c1-25(32(26-15-6-2-7-16-26)27-17-8-3-9-18-27)30-23-14-24-31(30)33(28-19-10-4-11-20-28)29-21-12-5-13-22-29;1-2-3-8-11-9-10-6-4-5-7-10;/h4-5,10-14,19-27H,2-3,6-9,15-18H2,1H3;4-7,11H,2-3,8-9H2,1H3;/q-5;-1;. The van der Waals surface area contributed by atoms with E-state index < -0.39 is 7.92 Å². The van der Waals surface area contributed by atoms with Crippen LogP contribution < -0.4 is 21.2 Å². The molecule has 1 unspecified atom stereocenters. The van der Waals surface area contributed by atoms with Crippen LogP contribution in [0.2, 0.25) is 0 Å². The minimum Gasteiger partial charge on any atom is -0.747 e. The van der Waals surface area contributed by atoms with E-state index in [2.05, 4.69) is 122 Å². The molecule has 1 N–H and O–H groups in total. The van der Waals surface area contributed by atoms with Crippen molar-refractivity contribution in [1.82, 2.24) is 5.32 Å². The van der Waals surface area contributed by atoms with Crippen LogP contribution in [-0.2, 0) is 23.6 Å². The van der Waals surface area contributed by atoms with Crippen molar-refractivity contribution in [2.45, 2.75) is 114 Å². The van der Waals surface area contributed by atoms with Crippen molar-refractivity contribution in [1.29, 1.82) is 0 Å². The van der Waals surface area contributed by atoms with Crippen LogP contribution in [0.1, 0.15) is 108 Å². The van der Waals surface area contributed by atoms with E-state index in [1.165, 1.54) is 93.2 Å². The molecule has 0 spiro atoms. The summed E-state index contributed by atoms with van der Waals surface area (Å²) in [5, 5.41) is 7.98. The molecule has 0 radical (unpaired) electrons. The molecule has 1 atom stereocenters. The maximum atomic E-state index is 3.39. The number of unbranched alkanes of at least 4 members (excludes halogenated alkanes) is 1. The molecule has 4 aromatic carbocycles. The van der Waals surface area contributed by atoms with Crippen molar-refractivity contribution in [3.63, 3.8) is 0 Å². The zero-order chi connectivity index (χ0) is 30.4. The Labute approximate surface area is 288 Å².